The van der Waals surface area contributed by atoms with Gasteiger partial charge in [-0.2, -0.15) is 57.1 Å². The fraction of sp³-hybridized carbons (Fsp3) is 1.00. The summed E-state index contributed by atoms with van der Waals surface area (Å²) in [7, 11) is -6.32. The highest BCUT2D eigenvalue weighted by atomic mass is 31.2. The predicted octanol–water partition coefficient (Wildman–Crippen LogP) is 4.84. The molecule has 0 aliphatic heterocycles. The number of halogens is 13. The van der Waals surface area contributed by atoms with Gasteiger partial charge < -0.3 is 4.89 Å². The van der Waals surface area contributed by atoms with E-state index in [1.54, 1.807) is 0 Å². The number of rotatable bonds is 8. The molecule has 1 unspecified atom stereocenters. The van der Waals surface area contributed by atoms with Crippen LogP contribution in [-0.2, 0) is 13.6 Å². The average molecular weight is 444 g/mol. The number of hydrogen-bond acceptors (Lipinski definition) is 3. The molecule has 1 atom stereocenters. The Morgan fingerprint density at radius 2 is 1.08 bits per heavy atom. The summed E-state index contributed by atoms with van der Waals surface area (Å²) in [6, 6.07) is 0. The van der Waals surface area contributed by atoms with Crippen LogP contribution in [-0.4, -0.2) is 47.5 Å². The van der Waals surface area contributed by atoms with Gasteiger partial charge in [-0.15, -0.1) is 0 Å². The molecule has 0 rings (SSSR count). The molecule has 0 aliphatic rings. The van der Waals surface area contributed by atoms with Crippen LogP contribution in [0.4, 0.5) is 57.1 Å². The van der Waals surface area contributed by atoms with Crippen LogP contribution < -0.4 is 0 Å². The fourth-order valence-corrected chi connectivity index (χ4v) is 1.93. The molecule has 0 saturated carbocycles. The molecule has 0 heterocycles. The fourth-order valence-electron chi connectivity index (χ4n) is 1.15. The molecule has 0 aliphatic carbocycles. The van der Waals surface area contributed by atoms with Crippen LogP contribution in [0.1, 0.15) is 6.92 Å². The lowest BCUT2D eigenvalue weighted by molar-refractivity contribution is -0.457. The summed E-state index contributed by atoms with van der Waals surface area (Å²) in [5.74, 6) is -32.0. The molecule has 26 heavy (non-hydrogen) atoms. The molecule has 18 heteroatoms. The van der Waals surface area contributed by atoms with Gasteiger partial charge in [0.25, 0.3) is 0 Å². The van der Waals surface area contributed by atoms with Gasteiger partial charge in [0.2, 0.25) is 0 Å². The van der Waals surface area contributed by atoms with E-state index in [4.69, 9.17) is 4.89 Å². The Bertz CT molecular complexity index is 557. The normalized spacial score (nSPS) is 18.0. The first-order valence-electron chi connectivity index (χ1n) is 5.65. The lowest BCUT2D eigenvalue weighted by Gasteiger charge is -2.39. The quantitative estimate of drug-likeness (QED) is 0.431. The van der Waals surface area contributed by atoms with Gasteiger partial charge in [-0.05, 0) is 6.92 Å². The molecular formula is C8H6F13O4P. The molecular weight excluding hydrogens is 438 g/mol. The largest absolute Gasteiger partial charge is 0.477 e. The zero-order valence-electron chi connectivity index (χ0n) is 11.7. The van der Waals surface area contributed by atoms with Gasteiger partial charge in [-0.1, -0.05) is 0 Å². The molecule has 0 amide bonds. The molecule has 0 saturated heterocycles. The van der Waals surface area contributed by atoms with E-state index >= 15 is 0 Å². The van der Waals surface area contributed by atoms with Gasteiger partial charge in [0.1, 0.15) is 0 Å². The topological polar surface area (TPSA) is 55.8 Å². The van der Waals surface area contributed by atoms with Crippen molar-refractivity contribution in [3.63, 3.8) is 0 Å². The maximum absolute atomic E-state index is 13.1. The van der Waals surface area contributed by atoms with Crippen molar-refractivity contribution in [1.29, 1.82) is 0 Å². The Morgan fingerprint density at radius 3 is 1.38 bits per heavy atom. The lowest BCUT2D eigenvalue weighted by Crippen LogP contribution is -2.70. The second-order valence-electron chi connectivity index (χ2n) is 4.29. The van der Waals surface area contributed by atoms with Crippen molar-refractivity contribution in [2.75, 3.05) is 6.61 Å². The maximum atomic E-state index is 13.1. The molecule has 4 nitrogen and oxygen atoms in total. The van der Waals surface area contributed by atoms with Gasteiger partial charge in [-0.25, -0.2) is 9.09 Å². The minimum absolute atomic E-state index is 0.759. The molecule has 0 spiro atoms. The third kappa shape index (κ3) is 3.89. The Hall–Kier alpha value is -0.800. The van der Waals surface area contributed by atoms with Crippen LogP contribution in [0.3, 0.4) is 0 Å². The molecule has 0 aromatic heterocycles. The van der Waals surface area contributed by atoms with Crippen LogP contribution in [0.5, 0.6) is 0 Å². The van der Waals surface area contributed by atoms with E-state index in [0.717, 1.165) is 6.92 Å². The third-order valence-electron chi connectivity index (χ3n) is 2.43. The Labute approximate surface area is 134 Å². The summed E-state index contributed by atoms with van der Waals surface area (Å²) in [5, 5.41) is 0. The number of alkyl halides is 13. The van der Waals surface area contributed by atoms with Gasteiger partial charge in [0.05, 0.1) is 6.61 Å². The second kappa shape index (κ2) is 6.67. The van der Waals surface area contributed by atoms with E-state index in [1.165, 1.54) is 0 Å². The van der Waals surface area contributed by atoms with E-state index in [1.807, 2.05) is 0 Å². The second-order valence-corrected chi connectivity index (χ2v) is 5.67. The zero-order chi connectivity index (χ0) is 21.6. The Balaban J connectivity index is 6.21. The maximum Gasteiger partial charge on any atom is 0.477 e. The lowest BCUT2D eigenvalue weighted by atomic mass is 9.97. The minimum atomic E-state index is -8.13. The highest BCUT2D eigenvalue weighted by Crippen LogP contribution is 2.62. The summed E-state index contributed by atoms with van der Waals surface area (Å²) in [5.41, 5.74) is 0. The summed E-state index contributed by atoms with van der Waals surface area (Å²) >= 11 is 0. The van der Waals surface area contributed by atoms with Crippen LogP contribution >= 0.6 is 7.82 Å². The van der Waals surface area contributed by atoms with Crippen molar-refractivity contribution >= 4 is 7.82 Å². The molecule has 0 fully saturated rings. The van der Waals surface area contributed by atoms with Crippen LogP contribution in [0.2, 0.25) is 0 Å². The summed E-state index contributed by atoms with van der Waals surface area (Å²) < 4.78 is 181. The van der Waals surface area contributed by atoms with Crippen molar-refractivity contribution < 1.29 is 75.6 Å². The molecule has 0 bridgehead atoms. The van der Waals surface area contributed by atoms with Crippen molar-refractivity contribution in [2.24, 2.45) is 0 Å². The predicted molar refractivity (Wildman–Crippen MR) is 53.3 cm³/mol. The van der Waals surface area contributed by atoms with Crippen molar-refractivity contribution in [2.45, 2.75) is 42.9 Å². The monoisotopic (exact) mass is 444 g/mol. The van der Waals surface area contributed by atoms with Gasteiger partial charge >= 0.3 is 43.8 Å². The van der Waals surface area contributed by atoms with Crippen molar-refractivity contribution in [1.82, 2.24) is 0 Å². The molecule has 158 valence electrons. The van der Waals surface area contributed by atoms with E-state index in [9.17, 15) is 61.6 Å². The summed E-state index contributed by atoms with van der Waals surface area (Å²) in [6.07, 6.45) is -14.7. The van der Waals surface area contributed by atoms with Gasteiger partial charge in [0, 0.05) is 0 Å². The van der Waals surface area contributed by atoms with E-state index < -0.39 is 50.4 Å². The number of phosphoric ester groups is 1. The Kier molecular flexibility index (Phi) is 6.46. The molecule has 0 aromatic carbocycles. The first kappa shape index (κ1) is 25.2. The van der Waals surface area contributed by atoms with Crippen molar-refractivity contribution in [3.8, 4) is 0 Å². The van der Waals surface area contributed by atoms with E-state index in [-0.39, 0.29) is 0 Å². The summed E-state index contributed by atoms with van der Waals surface area (Å²) in [6.45, 7) is -0.288. The van der Waals surface area contributed by atoms with Gasteiger partial charge in [-0.3, -0.25) is 4.52 Å². The molecule has 0 aromatic rings. The molecule has 0 radical (unpaired) electrons. The first-order valence-corrected chi connectivity index (χ1v) is 7.15. The average Bonchev–Trinajstić information content (AvgIpc) is 2.34. The zero-order valence-corrected chi connectivity index (χ0v) is 12.6. The molecule has 1 N–H and O–H groups in total. The standard InChI is InChI=1S/C8H6F13O4P/c1-2-24-26(22,23)25-8(20,21)6(15,16)4(11,12)3(9,10)5(13,14)7(17,18)19/h2H2,1H3,(H,22,23). The SMILES string of the molecule is CCOP(=O)(O)OC(F)(F)C(F)(F)C(F)(F)C(F)(F)C(F)(F)C(F)(F)F. The van der Waals surface area contributed by atoms with E-state index in [2.05, 4.69) is 9.05 Å². The van der Waals surface area contributed by atoms with Crippen LogP contribution in [0.15, 0.2) is 0 Å². The third-order valence-corrected chi connectivity index (χ3v) is 3.47. The number of hydrogen-bond donors (Lipinski definition) is 1. The van der Waals surface area contributed by atoms with E-state index in [0.29, 0.717) is 0 Å². The number of phosphoric acid groups is 1. The minimum Gasteiger partial charge on any atom is -0.302 e. The van der Waals surface area contributed by atoms with Gasteiger partial charge in [0.15, 0.2) is 0 Å². The highest BCUT2D eigenvalue weighted by Gasteiger charge is 2.91. The first-order chi connectivity index (χ1) is 11.0. The highest BCUT2D eigenvalue weighted by molar-refractivity contribution is 7.47. The smallest absolute Gasteiger partial charge is 0.302 e. The van der Waals surface area contributed by atoms with Crippen LogP contribution in [0.25, 0.3) is 0 Å². The van der Waals surface area contributed by atoms with Crippen LogP contribution in [0, 0.1) is 0 Å². The summed E-state index contributed by atoms with van der Waals surface area (Å²) in [4.78, 5) is 8.51. The van der Waals surface area contributed by atoms with Crippen molar-refractivity contribution in [3.05, 3.63) is 0 Å². The Morgan fingerprint density at radius 1 is 0.731 bits per heavy atom.